The van der Waals surface area contributed by atoms with Crippen molar-refractivity contribution in [1.82, 2.24) is 25.2 Å². The van der Waals surface area contributed by atoms with Crippen LogP contribution in [-0.2, 0) is 29.1 Å². The first kappa shape index (κ1) is 35.9. The number of amides is 4. The molecule has 4 heterocycles. The van der Waals surface area contributed by atoms with E-state index in [1.165, 1.54) is 6.20 Å². The first-order valence-electron chi connectivity index (χ1n) is 23.1. The van der Waals surface area contributed by atoms with Gasteiger partial charge in [-0.15, -0.1) is 0 Å². The molecule has 3 fully saturated rings. The Morgan fingerprint density at radius 2 is 1.90 bits per heavy atom. The normalized spacial score (nSPS) is 31.3. The number of carbonyl (C=O) groups is 4. The van der Waals surface area contributed by atoms with E-state index in [0.29, 0.717) is 55.4 Å². The molecule has 3 N–H and O–H groups in total. The van der Waals surface area contributed by atoms with Crippen molar-refractivity contribution >= 4 is 50.3 Å². The highest BCUT2D eigenvalue weighted by Crippen LogP contribution is 2.47. The third kappa shape index (κ3) is 8.68. The van der Waals surface area contributed by atoms with Gasteiger partial charge in [0.05, 0.1) is 24.0 Å². The van der Waals surface area contributed by atoms with Gasteiger partial charge in [0.2, 0.25) is 33.3 Å². The lowest BCUT2D eigenvalue weighted by Crippen LogP contribution is -2.59. The van der Waals surface area contributed by atoms with Gasteiger partial charge in [0, 0.05) is 44.6 Å². The monoisotopic (exact) mass is 868 g/mol. The van der Waals surface area contributed by atoms with E-state index in [9.17, 15) is 36.0 Å². The highest BCUT2D eigenvalue weighted by Gasteiger charge is 2.62. The number of rotatable bonds is 8. The lowest BCUT2D eigenvalue weighted by molar-refractivity contribution is -0.244. The summed E-state index contributed by atoms with van der Waals surface area (Å²) in [5.74, 6) is -4.03. The second-order valence-corrected chi connectivity index (χ2v) is 18.5. The number of nitrogens with zero attached hydrogens (tertiary/aromatic N) is 3. The fourth-order valence-electron chi connectivity index (χ4n) is 8.37. The molecule has 0 spiro atoms. The Balaban J connectivity index is 1.27. The average Bonchev–Trinajstić information content (AvgIpc) is 4.15. The average molecular weight is 869 g/mol. The van der Waals surface area contributed by atoms with Crippen molar-refractivity contribution in [2.75, 3.05) is 31.6 Å². The SMILES string of the molecule is [2H]C([2H])([2H])C(OC(=O)N[C@@H]1C(=O)N2C[C@H](Oc3nccc4c5c(ccc34)N(C)CCO5)C[C@H]2C(=O)N[C@]2(C(=O)NS(=O)(=O)C3CC3)C[C@H]2/C=C\CC[C@@H](C)C[C@H]1CC)(C([2H])([2H])[2H])C(F)(F)F. The molecule has 3 aliphatic heterocycles. The fraction of sp³-hybridized carbons (Fsp3) is 0.634. The van der Waals surface area contributed by atoms with Gasteiger partial charge in [-0.3, -0.25) is 19.1 Å². The van der Waals surface area contributed by atoms with Crippen LogP contribution in [0.5, 0.6) is 11.6 Å². The van der Waals surface area contributed by atoms with E-state index in [0.717, 1.165) is 10.6 Å². The number of halogens is 3. The van der Waals surface area contributed by atoms with Crippen LogP contribution in [0, 0.1) is 17.8 Å². The number of pyridine rings is 1. The smallest absolute Gasteiger partial charge is 0.427 e. The van der Waals surface area contributed by atoms with Gasteiger partial charge in [-0.2, -0.15) is 13.2 Å². The number of benzene rings is 1. The number of likely N-dealkylation sites (N-methyl/N-ethyl adjacent to an activating group) is 1. The number of nitrogens with one attached hydrogen (secondary N) is 3. The number of anilines is 1. The molecule has 7 rings (SSSR count). The topological polar surface area (TPSA) is 186 Å². The summed E-state index contributed by atoms with van der Waals surface area (Å²) in [6.45, 7) is -4.81. The number of carbonyl (C=O) groups excluding carboxylic acids is 4. The van der Waals surface area contributed by atoms with Gasteiger partial charge in [0.25, 0.3) is 5.91 Å². The first-order valence-corrected chi connectivity index (χ1v) is 21.6. The Bertz CT molecular complexity index is 2350. The minimum absolute atomic E-state index is 0.0147. The van der Waals surface area contributed by atoms with E-state index >= 15 is 4.79 Å². The maximum Gasteiger partial charge on any atom is 0.427 e. The number of aromatic nitrogens is 1. The van der Waals surface area contributed by atoms with Crippen LogP contribution in [0.15, 0.2) is 36.5 Å². The zero-order chi connectivity index (χ0) is 48.4. The van der Waals surface area contributed by atoms with Crippen molar-refractivity contribution in [3.8, 4) is 11.6 Å². The molecule has 0 bridgehead atoms. The molecule has 1 saturated heterocycles. The number of sulfonamides is 1. The summed E-state index contributed by atoms with van der Waals surface area (Å²) in [5.41, 5.74) is -5.94. The fourth-order valence-corrected chi connectivity index (χ4v) is 9.73. The standard InChI is InChI=1S/C41H53F3N6O9S/c1-6-24-19-23(2)9-7-8-10-25-21-40(25,37(53)48-60(55,56)27-11-12-27)47-34(51)31-20-26(22-50(31)36(52)32(24)46-38(54)59-39(3,4)41(42,43)44)58-35-29-13-14-30-33(28(29)15-16-45-35)57-18-17-49(30)5/h8,10,13-16,23-27,31-32H,6-7,9,11-12,17-22H2,1-5H3,(H,46,54)(H,47,51)(H,48,53)/b10-8-/t23-,24-,25-,26-,31+,32+,40-/m1/s1/i3D3,4D3. The van der Waals surface area contributed by atoms with Crippen molar-refractivity contribution in [3.63, 3.8) is 0 Å². The quantitative estimate of drug-likeness (QED) is 0.312. The third-order valence-electron chi connectivity index (χ3n) is 12.1. The molecule has 1 aromatic heterocycles. The highest BCUT2D eigenvalue weighted by molar-refractivity contribution is 7.91. The number of alkyl carbamates (subject to hydrolysis) is 1. The molecule has 2 aromatic rings. The number of ether oxygens (including phenoxy) is 3. The molecule has 60 heavy (non-hydrogen) atoms. The Morgan fingerprint density at radius 1 is 1.13 bits per heavy atom. The molecule has 5 aliphatic rings. The van der Waals surface area contributed by atoms with Gasteiger partial charge in [-0.25, -0.2) is 18.2 Å². The van der Waals surface area contributed by atoms with Gasteiger partial charge in [0.1, 0.15) is 30.3 Å². The summed E-state index contributed by atoms with van der Waals surface area (Å²) in [6.07, 6.45) is -2.77. The third-order valence-corrected chi connectivity index (χ3v) is 13.9. The Labute approximate surface area is 355 Å². The van der Waals surface area contributed by atoms with Crippen LogP contribution in [-0.4, -0.2) is 110 Å². The van der Waals surface area contributed by atoms with Crippen molar-refractivity contribution in [1.29, 1.82) is 0 Å². The molecule has 2 saturated carbocycles. The van der Waals surface area contributed by atoms with Crippen LogP contribution in [0.2, 0.25) is 0 Å². The van der Waals surface area contributed by atoms with E-state index in [1.54, 1.807) is 31.2 Å². The van der Waals surface area contributed by atoms with Crippen molar-refractivity contribution < 1.29 is 63.2 Å². The predicted molar refractivity (Wildman–Crippen MR) is 214 cm³/mol. The number of hydrogen-bond acceptors (Lipinski definition) is 11. The molecule has 0 unspecified atom stereocenters. The molecular weight excluding hydrogens is 810 g/mol. The Kier molecular flexibility index (Phi) is 9.71. The lowest BCUT2D eigenvalue weighted by Gasteiger charge is -2.35. The zero-order valence-corrected chi connectivity index (χ0v) is 34.2. The van der Waals surface area contributed by atoms with E-state index in [-0.39, 0.29) is 37.5 Å². The summed E-state index contributed by atoms with van der Waals surface area (Å²) < 4.78 is 135. The number of allylic oxidation sites excluding steroid dienone is 1. The summed E-state index contributed by atoms with van der Waals surface area (Å²) >= 11 is 0. The Morgan fingerprint density at radius 3 is 2.60 bits per heavy atom. The molecule has 2 aliphatic carbocycles. The highest BCUT2D eigenvalue weighted by atomic mass is 32.2. The predicted octanol–water partition coefficient (Wildman–Crippen LogP) is 4.73. The number of hydrogen-bond donors (Lipinski definition) is 3. The van der Waals surface area contributed by atoms with Crippen molar-refractivity contribution in [2.45, 2.75) is 120 Å². The molecule has 0 radical (unpaired) electrons. The molecular formula is C41H53F3N6O9S. The second-order valence-electron chi connectivity index (χ2n) is 16.5. The van der Waals surface area contributed by atoms with Crippen LogP contribution in [0.4, 0.5) is 23.7 Å². The van der Waals surface area contributed by atoms with Gasteiger partial charge in [-0.05, 0) is 82.3 Å². The molecule has 7 atom stereocenters. The van der Waals surface area contributed by atoms with Gasteiger partial charge >= 0.3 is 12.3 Å². The van der Waals surface area contributed by atoms with E-state index in [4.69, 9.17) is 17.7 Å². The second kappa shape index (κ2) is 16.2. The molecule has 4 amide bonds. The van der Waals surface area contributed by atoms with Crippen LogP contribution in [0.25, 0.3) is 10.8 Å². The summed E-state index contributed by atoms with van der Waals surface area (Å²) in [4.78, 5) is 64.9. The maximum atomic E-state index is 15.1. The molecule has 19 heteroatoms. The molecule has 15 nitrogen and oxygen atoms in total. The van der Waals surface area contributed by atoms with Gasteiger partial charge in [0.15, 0.2) is 5.75 Å². The summed E-state index contributed by atoms with van der Waals surface area (Å²) in [7, 11) is -2.17. The molecule has 1 aromatic carbocycles. The zero-order valence-electron chi connectivity index (χ0n) is 39.3. The van der Waals surface area contributed by atoms with Crippen LogP contribution < -0.4 is 29.7 Å². The first-order chi connectivity index (χ1) is 30.7. The van der Waals surface area contributed by atoms with Crippen LogP contribution in [0.3, 0.4) is 0 Å². The van der Waals surface area contributed by atoms with Crippen molar-refractivity contribution in [2.24, 2.45) is 17.8 Å². The van der Waals surface area contributed by atoms with Gasteiger partial charge < -0.3 is 34.6 Å². The molecule has 328 valence electrons. The summed E-state index contributed by atoms with van der Waals surface area (Å²) in [5, 5.41) is 5.21. The van der Waals surface area contributed by atoms with E-state index in [2.05, 4.69) is 25.1 Å². The minimum Gasteiger partial charge on any atom is -0.489 e. The summed E-state index contributed by atoms with van der Waals surface area (Å²) in [6, 6.07) is 1.98. The minimum atomic E-state index is -6.15. The van der Waals surface area contributed by atoms with E-state index in [1.807, 2.05) is 24.9 Å². The van der Waals surface area contributed by atoms with Crippen LogP contribution in [0.1, 0.15) is 87.1 Å². The maximum absolute atomic E-state index is 15.1. The largest absolute Gasteiger partial charge is 0.489 e. The van der Waals surface area contributed by atoms with Crippen LogP contribution >= 0.6 is 0 Å². The van der Waals surface area contributed by atoms with Gasteiger partial charge in [-0.1, -0.05) is 32.4 Å². The lowest BCUT2D eigenvalue weighted by atomic mass is 9.85. The van der Waals surface area contributed by atoms with Crippen molar-refractivity contribution in [3.05, 3.63) is 36.5 Å². The number of fused-ring (bicyclic) bond motifs is 5. The Hall–Kier alpha value is -4.81. The van der Waals surface area contributed by atoms with E-state index < -0.39 is 107 Å². The number of alkyl halides is 3.